The summed E-state index contributed by atoms with van der Waals surface area (Å²) in [6.45, 7) is 3.94. The van der Waals surface area contributed by atoms with Gasteiger partial charge in [-0.2, -0.15) is 5.26 Å². The molecule has 0 aliphatic carbocycles. The number of furan rings is 1. The van der Waals surface area contributed by atoms with Crippen molar-refractivity contribution in [2.24, 2.45) is 0 Å². The molecule has 0 unspecified atom stereocenters. The van der Waals surface area contributed by atoms with Crippen LogP contribution in [0.25, 0.3) is 17.4 Å². The third-order valence-electron chi connectivity index (χ3n) is 4.22. The molecule has 140 valence electrons. The van der Waals surface area contributed by atoms with Crippen LogP contribution in [0.15, 0.2) is 64.6 Å². The molecule has 5 heteroatoms. The van der Waals surface area contributed by atoms with Crippen LogP contribution in [0, 0.1) is 25.2 Å². The Balaban J connectivity index is 1.81. The first kappa shape index (κ1) is 19.0. The van der Waals surface area contributed by atoms with Crippen LogP contribution in [0.2, 0.25) is 0 Å². The van der Waals surface area contributed by atoms with Crippen molar-refractivity contribution in [1.29, 1.82) is 5.26 Å². The average Bonchev–Trinajstić information content (AvgIpc) is 3.16. The molecule has 0 saturated heterocycles. The SMILES string of the molecule is COc1cc(C)ccc1NC(=O)/C(C#N)=C/c1ccc(-c2ccc(C)cc2)o1. The molecule has 0 aliphatic rings. The van der Waals surface area contributed by atoms with E-state index >= 15 is 0 Å². The highest BCUT2D eigenvalue weighted by atomic mass is 16.5. The molecule has 3 rings (SSSR count). The van der Waals surface area contributed by atoms with Gasteiger partial charge in [-0.15, -0.1) is 0 Å². The van der Waals surface area contributed by atoms with Crippen LogP contribution in [-0.4, -0.2) is 13.0 Å². The summed E-state index contributed by atoms with van der Waals surface area (Å²) in [6.07, 6.45) is 1.42. The van der Waals surface area contributed by atoms with Crippen molar-refractivity contribution in [3.8, 4) is 23.1 Å². The molecule has 0 spiro atoms. The molecule has 0 saturated carbocycles. The van der Waals surface area contributed by atoms with Gasteiger partial charge in [0.15, 0.2) is 0 Å². The third kappa shape index (κ3) is 4.30. The predicted molar refractivity (Wildman–Crippen MR) is 109 cm³/mol. The van der Waals surface area contributed by atoms with E-state index in [2.05, 4.69) is 5.32 Å². The quantitative estimate of drug-likeness (QED) is 0.498. The Labute approximate surface area is 163 Å². The van der Waals surface area contributed by atoms with Crippen molar-refractivity contribution in [2.45, 2.75) is 13.8 Å². The second-order valence-corrected chi connectivity index (χ2v) is 6.40. The number of nitriles is 1. The number of hydrogen-bond donors (Lipinski definition) is 1. The van der Waals surface area contributed by atoms with E-state index in [1.165, 1.54) is 13.2 Å². The molecule has 0 aliphatic heterocycles. The first-order valence-electron chi connectivity index (χ1n) is 8.75. The van der Waals surface area contributed by atoms with Gasteiger partial charge in [0, 0.05) is 11.6 Å². The number of carbonyl (C=O) groups is 1. The van der Waals surface area contributed by atoms with Gasteiger partial charge in [-0.1, -0.05) is 35.9 Å². The number of anilines is 1. The highest BCUT2D eigenvalue weighted by molar-refractivity contribution is 6.10. The molecule has 5 nitrogen and oxygen atoms in total. The average molecular weight is 372 g/mol. The van der Waals surface area contributed by atoms with Gasteiger partial charge in [-0.25, -0.2) is 0 Å². The standard InChI is InChI=1S/C23H20N2O3/c1-15-4-7-17(8-5-15)21-11-9-19(28-21)13-18(14-24)23(26)25-20-10-6-16(2)12-22(20)27-3/h4-13H,1-3H3,(H,25,26)/b18-13+. The highest BCUT2D eigenvalue weighted by Gasteiger charge is 2.14. The Morgan fingerprint density at radius 1 is 1.07 bits per heavy atom. The zero-order chi connectivity index (χ0) is 20.1. The van der Waals surface area contributed by atoms with Gasteiger partial charge < -0.3 is 14.5 Å². The first-order chi connectivity index (χ1) is 13.5. The van der Waals surface area contributed by atoms with Crippen LogP contribution in [0.3, 0.4) is 0 Å². The maximum Gasteiger partial charge on any atom is 0.266 e. The van der Waals surface area contributed by atoms with Crippen LogP contribution in [0.1, 0.15) is 16.9 Å². The molecule has 1 heterocycles. The van der Waals surface area contributed by atoms with Crippen LogP contribution < -0.4 is 10.1 Å². The fourth-order valence-corrected chi connectivity index (χ4v) is 2.69. The molecule has 28 heavy (non-hydrogen) atoms. The minimum Gasteiger partial charge on any atom is -0.495 e. The van der Waals surface area contributed by atoms with Gasteiger partial charge in [0.25, 0.3) is 5.91 Å². The predicted octanol–water partition coefficient (Wildman–Crippen LogP) is 5.12. The largest absolute Gasteiger partial charge is 0.495 e. The lowest BCUT2D eigenvalue weighted by atomic mass is 10.1. The third-order valence-corrected chi connectivity index (χ3v) is 4.22. The fourth-order valence-electron chi connectivity index (χ4n) is 2.69. The number of benzene rings is 2. The van der Waals surface area contributed by atoms with E-state index < -0.39 is 5.91 Å². The van der Waals surface area contributed by atoms with Crippen molar-refractivity contribution in [3.05, 3.63) is 77.1 Å². The number of hydrogen-bond acceptors (Lipinski definition) is 4. The van der Waals surface area contributed by atoms with Crippen molar-refractivity contribution in [2.75, 3.05) is 12.4 Å². The van der Waals surface area contributed by atoms with E-state index in [9.17, 15) is 10.1 Å². The number of nitrogens with one attached hydrogen (secondary N) is 1. The minimum atomic E-state index is -0.530. The number of amides is 1. The summed E-state index contributed by atoms with van der Waals surface area (Å²) in [6, 6.07) is 18.8. The maximum absolute atomic E-state index is 12.5. The Hall–Kier alpha value is -3.78. The van der Waals surface area contributed by atoms with Crippen molar-refractivity contribution >= 4 is 17.7 Å². The van der Waals surface area contributed by atoms with Crippen molar-refractivity contribution in [1.82, 2.24) is 0 Å². The number of nitrogens with zero attached hydrogens (tertiary/aromatic N) is 1. The van der Waals surface area contributed by atoms with Crippen LogP contribution in [0.4, 0.5) is 5.69 Å². The van der Waals surface area contributed by atoms with E-state index in [0.29, 0.717) is 23.0 Å². The number of ether oxygens (including phenoxy) is 1. The smallest absolute Gasteiger partial charge is 0.266 e. The van der Waals surface area contributed by atoms with Crippen LogP contribution in [-0.2, 0) is 4.79 Å². The van der Waals surface area contributed by atoms with Crippen molar-refractivity contribution in [3.63, 3.8) is 0 Å². The van der Waals surface area contributed by atoms with E-state index in [1.54, 1.807) is 12.1 Å². The van der Waals surface area contributed by atoms with Gasteiger partial charge in [0.1, 0.15) is 28.9 Å². The second-order valence-electron chi connectivity index (χ2n) is 6.40. The van der Waals surface area contributed by atoms with Gasteiger partial charge in [0.2, 0.25) is 0 Å². The second kappa shape index (κ2) is 8.28. The molecular weight excluding hydrogens is 352 g/mol. The summed E-state index contributed by atoms with van der Waals surface area (Å²) >= 11 is 0. The Kier molecular flexibility index (Phi) is 5.61. The van der Waals surface area contributed by atoms with Gasteiger partial charge in [0.05, 0.1) is 12.8 Å². The molecule has 0 bridgehead atoms. The van der Waals surface area contributed by atoms with Gasteiger partial charge >= 0.3 is 0 Å². The number of methoxy groups -OCH3 is 1. The molecule has 0 fully saturated rings. The molecule has 0 radical (unpaired) electrons. The zero-order valence-corrected chi connectivity index (χ0v) is 15.9. The summed E-state index contributed by atoms with van der Waals surface area (Å²) in [5, 5.41) is 12.1. The maximum atomic E-state index is 12.5. The lowest BCUT2D eigenvalue weighted by molar-refractivity contribution is -0.112. The Bertz CT molecular complexity index is 1070. The van der Waals surface area contributed by atoms with Crippen LogP contribution >= 0.6 is 0 Å². The Morgan fingerprint density at radius 2 is 1.79 bits per heavy atom. The number of carbonyl (C=O) groups excluding carboxylic acids is 1. The summed E-state index contributed by atoms with van der Waals surface area (Å²) in [4.78, 5) is 12.5. The van der Waals surface area contributed by atoms with Gasteiger partial charge in [-0.3, -0.25) is 4.79 Å². The van der Waals surface area contributed by atoms with E-state index in [1.807, 2.05) is 62.4 Å². The lowest BCUT2D eigenvalue weighted by Crippen LogP contribution is -2.14. The van der Waals surface area contributed by atoms with Gasteiger partial charge in [-0.05, 0) is 43.7 Å². The normalized spacial score (nSPS) is 11.0. The monoisotopic (exact) mass is 372 g/mol. The molecule has 1 aromatic heterocycles. The summed E-state index contributed by atoms with van der Waals surface area (Å²) in [5.41, 5.74) is 3.53. The summed E-state index contributed by atoms with van der Waals surface area (Å²) in [5.74, 6) is 1.10. The van der Waals surface area contributed by atoms with Crippen LogP contribution in [0.5, 0.6) is 5.75 Å². The zero-order valence-electron chi connectivity index (χ0n) is 15.9. The lowest BCUT2D eigenvalue weighted by Gasteiger charge is -2.10. The first-order valence-corrected chi connectivity index (χ1v) is 8.75. The number of rotatable bonds is 5. The summed E-state index contributed by atoms with van der Waals surface area (Å²) in [7, 11) is 1.53. The highest BCUT2D eigenvalue weighted by Crippen LogP contribution is 2.27. The molecule has 3 aromatic rings. The molecule has 2 aromatic carbocycles. The fraction of sp³-hybridized carbons (Fsp3) is 0.130. The van der Waals surface area contributed by atoms with E-state index in [-0.39, 0.29) is 5.57 Å². The molecular formula is C23H20N2O3. The molecule has 1 amide bonds. The van der Waals surface area contributed by atoms with Crippen molar-refractivity contribution < 1.29 is 13.9 Å². The topological polar surface area (TPSA) is 75.3 Å². The molecule has 0 atom stereocenters. The number of aryl methyl sites for hydroxylation is 2. The van der Waals surface area contributed by atoms with E-state index in [4.69, 9.17) is 9.15 Å². The minimum absolute atomic E-state index is 0.0626. The Morgan fingerprint density at radius 3 is 2.46 bits per heavy atom. The molecule has 1 N–H and O–H groups in total. The summed E-state index contributed by atoms with van der Waals surface area (Å²) < 4.78 is 11.1. The van der Waals surface area contributed by atoms with E-state index in [0.717, 1.165) is 16.7 Å².